The van der Waals surface area contributed by atoms with E-state index in [1.54, 1.807) is 11.3 Å². The van der Waals surface area contributed by atoms with Gasteiger partial charge in [0.1, 0.15) is 0 Å². The Morgan fingerprint density at radius 1 is 0.381 bits per heavy atom. The van der Waals surface area contributed by atoms with Gasteiger partial charge in [0.2, 0.25) is 5.95 Å². The Balaban J connectivity index is 0.920. The molecule has 0 radical (unpaired) electrons. The Morgan fingerprint density at radius 2 is 0.952 bits per heavy atom. The van der Waals surface area contributed by atoms with Gasteiger partial charge in [-0.2, -0.15) is 9.97 Å². The van der Waals surface area contributed by atoms with Crippen molar-refractivity contribution in [3.8, 4) is 56.9 Å². The molecule has 0 saturated heterocycles. The maximum Gasteiger partial charge on any atom is 0.238 e. The molecule has 0 amide bonds. The molecule has 0 atom stereocenters. The zero-order valence-corrected chi connectivity index (χ0v) is 34.3. The monoisotopic (exact) mass is 824 g/mol. The molecule has 63 heavy (non-hydrogen) atoms. The Kier molecular flexibility index (Phi) is 7.91. The smallest absolute Gasteiger partial charge is 0.238 e. The predicted molar refractivity (Wildman–Crippen MR) is 257 cm³/mol. The molecule has 0 fully saturated rings. The fraction of sp³-hybridized carbons (Fsp3) is 0. The summed E-state index contributed by atoms with van der Waals surface area (Å²) in [6.07, 6.45) is 5.57. The van der Waals surface area contributed by atoms with Gasteiger partial charge in [0, 0.05) is 65.8 Å². The first-order valence-electron chi connectivity index (χ1n) is 20.8. The number of benzene rings is 7. The van der Waals surface area contributed by atoms with Crippen LogP contribution in [0, 0.1) is 0 Å². The van der Waals surface area contributed by atoms with Crippen LogP contribution in [0.1, 0.15) is 0 Å². The van der Waals surface area contributed by atoms with Crippen molar-refractivity contribution in [1.29, 1.82) is 0 Å². The summed E-state index contributed by atoms with van der Waals surface area (Å²) >= 11 is 1.78. The molecule has 294 valence electrons. The largest absolute Gasteiger partial charge is 0.309 e. The van der Waals surface area contributed by atoms with Crippen LogP contribution in [-0.4, -0.2) is 39.0 Å². The molecular formula is C54H32N8S. The van der Waals surface area contributed by atoms with Gasteiger partial charge in [-0.05, 0) is 66.7 Å². The number of hydrogen-bond donors (Lipinski definition) is 0. The fourth-order valence-corrected chi connectivity index (χ4v) is 10.1. The van der Waals surface area contributed by atoms with Crippen molar-refractivity contribution < 1.29 is 0 Å². The van der Waals surface area contributed by atoms with Gasteiger partial charge in [-0.25, -0.2) is 9.97 Å². The van der Waals surface area contributed by atoms with E-state index in [2.05, 4.69) is 118 Å². The highest BCUT2D eigenvalue weighted by Gasteiger charge is 2.20. The Hall–Kier alpha value is -8.40. The van der Waals surface area contributed by atoms with Crippen LogP contribution in [-0.2, 0) is 0 Å². The van der Waals surface area contributed by atoms with E-state index in [1.807, 2.05) is 85.3 Å². The van der Waals surface area contributed by atoms with Gasteiger partial charge in [0.15, 0.2) is 11.6 Å². The predicted octanol–water partition coefficient (Wildman–Crippen LogP) is 13.3. The molecular weight excluding hydrogens is 793 g/mol. The van der Waals surface area contributed by atoms with E-state index in [0.717, 1.165) is 83.1 Å². The molecule has 0 aliphatic carbocycles. The van der Waals surface area contributed by atoms with Crippen LogP contribution in [0.25, 0.3) is 121 Å². The van der Waals surface area contributed by atoms with E-state index in [0.29, 0.717) is 17.6 Å². The SMILES string of the molecule is c1ccc(-c2nc(-c3ccccc3)nc(-n3c4ccccc4c4cc(-c5cncc(-c6ccc7c(c6)c6ccccc6n7-c6ccc7sc8cccnc8c7c6)n5)ccc43)n2)cc1. The van der Waals surface area contributed by atoms with Crippen molar-refractivity contribution >= 4 is 75.3 Å². The fourth-order valence-electron chi connectivity index (χ4n) is 9.02. The topological polar surface area (TPSA) is 87.2 Å². The summed E-state index contributed by atoms with van der Waals surface area (Å²) in [5.74, 6) is 1.78. The Morgan fingerprint density at radius 3 is 1.60 bits per heavy atom. The van der Waals surface area contributed by atoms with Crippen molar-refractivity contribution in [1.82, 2.24) is 39.0 Å². The summed E-state index contributed by atoms with van der Waals surface area (Å²) in [5, 5.41) is 5.66. The molecule has 7 aromatic carbocycles. The third kappa shape index (κ3) is 5.75. The summed E-state index contributed by atoms with van der Waals surface area (Å²) in [6, 6.07) is 61.1. The van der Waals surface area contributed by atoms with Crippen LogP contribution in [0.2, 0.25) is 0 Å². The lowest BCUT2D eigenvalue weighted by atomic mass is 10.1. The lowest BCUT2D eigenvalue weighted by Crippen LogP contribution is -2.06. The zero-order chi connectivity index (χ0) is 41.4. The summed E-state index contributed by atoms with van der Waals surface area (Å²) in [4.78, 5) is 29.9. The molecule has 0 saturated carbocycles. The molecule has 9 heteroatoms. The molecule has 0 aliphatic heterocycles. The standard InChI is InChI=1S/C54H32N8S/c1-3-12-33(13-4-1)52-58-53(34-14-5-2-6-15-34)60-54(59-52)62-46-19-10-8-17-39(46)41-29-36(22-25-48(41)62)44-32-55-31-43(57-44)35-21-24-47-40(28-35)38-16-7-9-18-45(38)61(47)37-23-26-49-42(30-37)51-50(63-49)20-11-27-56-51/h1-32H. The average Bonchev–Trinajstić information content (AvgIpc) is 4.01. The van der Waals surface area contributed by atoms with Gasteiger partial charge in [-0.3, -0.25) is 14.5 Å². The number of para-hydroxylation sites is 2. The molecule has 13 rings (SSSR count). The van der Waals surface area contributed by atoms with Crippen molar-refractivity contribution in [2.75, 3.05) is 0 Å². The van der Waals surface area contributed by atoms with Crippen LogP contribution in [0.4, 0.5) is 0 Å². The van der Waals surface area contributed by atoms with E-state index in [-0.39, 0.29) is 0 Å². The van der Waals surface area contributed by atoms with Gasteiger partial charge in [-0.1, -0.05) is 109 Å². The Bertz CT molecular complexity index is 3870. The van der Waals surface area contributed by atoms with Crippen molar-refractivity contribution in [3.63, 3.8) is 0 Å². The first kappa shape index (κ1) is 35.4. The first-order chi connectivity index (χ1) is 31.2. The molecule has 13 aromatic rings. The lowest BCUT2D eigenvalue weighted by molar-refractivity contribution is 0.953. The zero-order valence-electron chi connectivity index (χ0n) is 33.5. The molecule has 0 aliphatic rings. The van der Waals surface area contributed by atoms with Crippen molar-refractivity contribution in [3.05, 3.63) is 195 Å². The minimum absolute atomic E-state index is 0.553. The van der Waals surface area contributed by atoms with Crippen LogP contribution >= 0.6 is 11.3 Å². The summed E-state index contributed by atoms with van der Waals surface area (Å²) in [6.45, 7) is 0. The number of pyridine rings is 1. The second-order valence-corrected chi connectivity index (χ2v) is 16.7. The van der Waals surface area contributed by atoms with Gasteiger partial charge in [-0.15, -0.1) is 11.3 Å². The maximum absolute atomic E-state index is 5.25. The van der Waals surface area contributed by atoms with Gasteiger partial charge in [0.05, 0.1) is 56.1 Å². The number of thiophene rings is 1. The van der Waals surface area contributed by atoms with E-state index in [1.165, 1.54) is 20.2 Å². The Labute approximate surface area is 364 Å². The van der Waals surface area contributed by atoms with E-state index in [4.69, 9.17) is 29.9 Å². The molecule has 0 unspecified atom stereocenters. The van der Waals surface area contributed by atoms with E-state index < -0.39 is 0 Å². The number of rotatable bonds is 6. The number of hydrogen-bond acceptors (Lipinski definition) is 7. The minimum atomic E-state index is 0.553. The summed E-state index contributed by atoms with van der Waals surface area (Å²) in [5.41, 5.74) is 11.8. The highest BCUT2D eigenvalue weighted by Crippen LogP contribution is 2.39. The number of fused-ring (bicyclic) bond motifs is 9. The number of nitrogens with zero attached hydrogens (tertiary/aromatic N) is 8. The van der Waals surface area contributed by atoms with E-state index in [9.17, 15) is 0 Å². The van der Waals surface area contributed by atoms with Gasteiger partial charge >= 0.3 is 0 Å². The normalized spacial score (nSPS) is 11.8. The molecule has 0 bridgehead atoms. The van der Waals surface area contributed by atoms with Crippen molar-refractivity contribution in [2.45, 2.75) is 0 Å². The second kappa shape index (κ2) is 14.1. The second-order valence-electron chi connectivity index (χ2n) is 15.6. The molecule has 0 spiro atoms. The third-order valence-electron chi connectivity index (χ3n) is 11.9. The van der Waals surface area contributed by atoms with Crippen LogP contribution < -0.4 is 0 Å². The quantitative estimate of drug-likeness (QED) is 0.166. The van der Waals surface area contributed by atoms with Crippen LogP contribution in [0.5, 0.6) is 0 Å². The van der Waals surface area contributed by atoms with Crippen LogP contribution in [0.15, 0.2) is 195 Å². The molecule has 0 N–H and O–H groups in total. The van der Waals surface area contributed by atoms with Crippen LogP contribution in [0.3, 0.4) is 0 Å². The molecule has 6 heterocycles. The maximum atomic E-state index is 5.25. The van der Waals surface area contributed by atoms with Crippen molar-refractivity contribution in [2.24, 2.45) is 0 Å². The highest BCUT2D eigenvalue weighted by molar-refractivity contribution is 7.25. The van der Waals surface area contributed by atoms with Gasteiger partial charge in [0.25, 0.3) is 0 Å². The highest BCUT2D eigenvalue weighted by atomic mass is 32.1. The number of aromatic nitrogens is 8. The average molecular weight is 825 g/mol. The summed E-state index contributed by atoms with van der Waals surface area (Å²) < 4.78 is 6.92. The van der Waals surface area contributed by atoms with E-state index >= 15 is 0 Å². The first-order valence-corrected chi connectivity index (χ1v) is 21.6. The molecule has 8 nitrogen and oxygen atoms in total. The van der Waals surface area contributed by atoms with Gasteiger partial charge < -0.3 is 4.57 Å². The minimum Gasteiger partial charge on any atom is -0.309 e. The lowest BCUT2D eigenvalue weighted by Gasteiger charge is -2.11. The third-order valence-corrected chi connectivity index (χ3v) is 13.1. The summed E-state index contributed by atoms with van der Waals surface area (Å²) in [7, 11) is 0. The molecule has 6 aromatic heterocycles.